The van der Waals surface area contributed by atoms with E-state index in [-0.39, 0.29) is 5.69 Å². The maximum atomic E-state index is 12.4. The van der Waals surface area contributed by atoms with Crippen molar-refractivity contribution in [3.05, 3.63) is 42.1 Å². The Labute approximate surface area is 132 Å². The average molecular weight is 316 g/mol. The molecule has 1 saturated heterocycles. The Bertz CT molecular complexity index is 726. The zero-order valence-corrected chi connectivity index (χ0v) is 12.7. The summed E-state index contributed by atoms with van der Waals surface area (Å²) in [5.41, 5.74) is -0.202. The topological polar surface area (TPSA) is 79.3 Å². The van der Waals surface area contributed by atoms with Crippen molar-refractivity contribution in [1.82, 2.24) is 10.3 Å². The number of thioether (sulfide) groups is 1. The van der Waals surface area contributed by atoms with Crippen molar-refractivity contribution in [2.24, 2.45) is 0 Å². The summed E-state index contributed by atoms with van der Waals surface area (Å²) in [4.78, 5) is 28.4. The summed E-state index contributed by atoms with van der Waals surface area (Å²) >= 11 is 1.71. The van der Waals surface area contributed by atoms with Crippen LogP contribution in [-0.2, 0) is 4.79 Å². The normalized spacial score (nSPS) is 17.1. The van der Waals surface area contributed by atoms with Crippen LogP contribution in [0.25, 0.3) is 10.9 Å². The molecule has 22 heavy (non-hydrogen) atoms. The van der Waals surface area contributed by atoms with Gasteiger partial charge >= 0.3 is 5.97 Å². The highest BCUT2D eigenvalue weighted by Gasteiger charge is 2.41. The third kappa shape index (κ3) is 2.78. The lowest BCUT2D eigenvalue weighted by molar-refractivity contribution is -0.144. The molecule has 1 amide bonds. The highest BCUT2D eigenvalue weighted by molar-refractivity contribution is 7.99. The molecular weight excluding hydrogens is 300 g/mol. The first-order valence-electron chi connectivity index (χ1n) is 7.10. The first-order valence-corrected chi connectivity index (χ1v) is 8.26. The molecule has 0 bridgehead atoms. The van der Waals surface area contributed by atoms with Gasteiger partial charge in [-0.2, -0.15) is 11.8 Å². The molecule has 1 aliphatic heterocycles. The van der Waals surface area contributed by atoms with Crippen molar-refractivity contribution >= 4 is 34.5 Å². The number of fused-ring (bicyclic) bond motifs is 1. The number of pyridine rings is 1. The van der Waals surface area contributed by atoms with Gasteiger partial charge in [0.05, 0.1) is 5.52 Å². The summed E-state index contributed by atoms with van der Waals surface area (Å²) in [5.74, 6) is 0.0668. The van der Waals surface area contributed by atoms with Crippen molar-refractivity contribution in [2.75, 3.05) is 11.5 Å². The van der Waals surface area contributed by atoms with Gasteiger partial charge in [-0.3, -0.25) is 4.79 Å². The highest BCUT2D eigenvalue weighted by Crippen LogP contribution is 2.27. The van der Waals surface area contributed by atoms with E-state index in [4.69, 9.17) is 0 Å². The number of aromatic nitrogens is 1. The number of para-hydroxylation sites is 1. The van der Waals surface area contributed by atoms with Crippen LogP contribution in [0.5, 0.6) is 0 Å². The Kier molecular flexibility index (Phi) is 4.02. The predicted molar refractivity (Wildman–Crippen MR) is 86.1 cm³/mol. The molecule has 2 heterocycles. The van der Waals surface area contributed by atoms with Gasteiger partial charge in [0.2, 0.25) is 0 Å². The number of nitrogens with one attached hydrogen (secondary N) is 1. The molecule has 1 aromatic heterocycles. The quantitative estimate of drug-likeness (QED) is 0.908. The minimum atomic E-state index is -1.17. The van der Waals surface area contributed by atoms with E-state index >= 15 is 0 Å². The number of carbonyl (C=O) groups is 2. The van der Waals surface area contributed by atoms with E-state index in [0.29, 0.717) is 12.8 Å². The summed E-state index contributed by atoms with van der Waals surface area (Å²) in [7, 11) is 0. The maximum absolute atomic E-state index is 12.4. The number of carboxylic acid groups (broad SMARTS) is 1. The lowest BCUT2D eigenvalue weighted by Crippen LogP contribution is -2.56. The molecule has 2 aromatic rings. The van der Waals surface area contributed by atoms with Crippen LogP contribution in [0.3, 0.4) is 0 Å². The molecule has 0 unspecified atom stereocenters. The molecule has 1 aromatic carbocycles. The van der Waals surface area contributed by atoms with Crippen molar-refractivity contribution < 1.29 is 14.7 Å². The summed E-state index contributed by atoms with van der Waals surface area (Å²) in [6, 6.07) is 11.0. The van der Waals surface area contributed by atoms with Crippen LogP contribution in [0.15, 0.2) is 36.4 Å². The van der Waals surface area contributed by atoms with Gasteiger partial charge in [0.15, 0.2) is 0 Å². The Morgan fingerprint density at radius 3 is 2.59 bits per heavy atom. The number of nitrogens with zero attached hydrogens (tertiary/aromatic N) is 1. The number of hydrogen-bond acceptors (Lipinski definition) is 4. The van der Waals surface area contributed by atoms with Gasteiger partial charge in [0.25, 0.3) is 5.91 Å². The van der Waals surface area contributed by atoms with Crippen LogP contribution in [0.1, 0.15) is 23.3 Å². The van der Waals surface area contributed by atoms with Crippen LogP contribution >= 0.6 is 11.8 Å². The number of rotatable bonds is 3. The van der Waals surface area contributed by atoms with E-state index in [0.717, 1.165) is 22.4 Å². The van der Waals surface area contributed by atoms with Crippen molar-refractivity contribution in [2.45, 2.75) is 18.4 Å². The SMILES string of the molecule is O=C(NC1(C(=O)O)CCSCC1)c1ccc2ccccc2n1. The molecule has 0 spiro atoms. The first-order chi connectivity index (χ1) is 10.6. The van der Waals surface area contributed by atoms with E-state index in [1.165, 1.54) is 0 Å². The molecule has 5 nitrogen and oxygen atoms in total. The zero-order chi connectivity index (χ0) is 15.6. The standard InChI is InChI=1S/C16H16N2O3S/c19-14(18-16(15(20)21)7-9-22-10-8-16)13-6-5-11-3-1-2-4-12(11)17-13/h1-6H,7-10H2,(H,18,19)(H,20,21). The van der Waals surface area contributed by atoms with Crippen LogP contribution in [0.2, 0.25) is 0 Å². The lowest BCUT2D eigenvalue weighted by Gasteiger charge is -2.33. The molecule has 0 radical (unpaired) electrons. The molecular formula is C16H16N2O3S. The van der Waals surface area contributed by atoms with Crippen LogP contribution in [0, 0.1) is 0 Å². The number of carboxylic acids is 1. The fourth-order valence-electron chi connectivity index (χ4n) is 2.59. The van der Waals surface area contributed by atoms with E-state index < -0.39 is 17.4 Å². The Morgan fingerprint density at radius 2 is 1.86 bits per heavy atom. The van der Waals surface area contributed by atoms with Crippen molar-refractivity contribution in [1.29, 1.82) is 0 Å². The third-order valence-electron chi connectivity index (χ3n) is 3.94. The second-order valence-corrected chi connectivity index (χ2v) is 6.57. The molecule has 6 heteroatoms. The molecule has 114 valence electrons. The lowest BCUT2D eigenvalue weighted by atomic mass is 9.92. The number of hydrogen-bond donors (Lipinski definition) is 2. The smallest absolute Gasteiger partial charge is 0.329 e. The zero-order valence-electron chi connectivity index (χ0n) is 11.9. The minimum Gasteiger partial charge on any atom is -0.480 e. The van der Waals surface area contributed by atoms with Crippen LogP contribution in [-0.4, -0.2) is 39.0 Å². The second kappa shape index (κ2) is 5.96. The largest absolute Gasteiger partial charge is 0.480 e. The van der Waals surface area contributed by atoms with Crippen LogP contribution < -0.4 is 5.32 Å². The van der Waals surface area contributed by atoms with Gasteiger partial charge in [-0.1, -0.05) is 24.3 Å². The molecule has 1 aliphatic rings. The fourth-order valence-corrected chi connectivity index (χ4v) is 3.78. The van der Waals surface area contributed by atoms with Gasteiger partial charge in [-0.05, 0) is 36.5 Å². The summed E-state index contributed by atoms with van der Waals surface area (Å²) in [5, 5.41) is 13.2. The average Bonchev–Trinajstić information content (AvgIpc) is 2.55. The number of carbonyl (C=O) groups excluding carboxylic acids is 1. The minimum absolute atomic E-state index is 0.248. The summed E-state index contributed by atoms with van der Waals surface area (Å²) in [6.45, 7) is 0. The Hall–Kier alpha value is -2.08. The Balaban J connectivity index is 1.86. The van der Waals surface area contributed by atoms with Crippen molar-refractivity contribution in [3.63, 3.8) is 0 Å². The van der Waals surface area contributed by atoms with Gasteiger partial charge in [0, 0.05) is 5.39 Å². The van der Waals surface area contributed by atoms with E-state index in [1.807, 2.05) is 30.3 Å². The van der Waals surface area contributed by atoms with E-state index in [1.54, 1.807) is 17.8 Å². The van der Waals surface area contributed by atoms with Gasteiger partial charge in [-0.25, -0.2) is 9.78 Å². The van der Waals surface area contributed by atoms with E-state index in [9.17, 15) is 14.7 Å². The third-order valence-corrected chi connectivity index (χ3v) is 4.93. The molecule has 0 saturated carbocycles. The molecule has 0 atom stereocenters. The first kappa shape index (κ1) is 14.8. The molecule has 1 fully saturated rings. The van der Waals surface area contributed by atoms with Gasteiger partial charge < -0.3 is 10.4 Å². The number of benzene rings is 1. The van der Waals surface area contributed by atoms with Crippen molar-refractivity contribution in [3.8, 4) is 0 Å². The summed E-state index contributed by atoms with van der Waals surface area (Å²) in [6.07, 6.45) is 0.874. The number of amides is 1. The molecule has 3 rings (SSSR count). The summed E-state index contributed by atoms with van der Waals surface area (Å²) < 4.78 is 0. The van der Waals surface area contributed by atoms with Gasteiger partial charge in [0.1, 0.15) is 11.2 Å². The number of aliphatic carboxylic acids is 1. The fraction of sp³-hybridized carbons (Fsp3) is 0.312. The van der Waals surface area contributed by atoms with E-state index in [2.05, 4.69) is 10.3 Å². The molecule has 0 aliphatic carbocycles. The predicted octanol–water partition coefficient (Wildman–Crippen LogP) is 2.32. The maximum Gasteiger partial charge on any atom is 0.329 e. The van der Waals surface area contributed by atoms with Gasteiger partial charge in [-0.15, -0.1) is 0 Å². The highest BCUT2D eigenvalue weighted by atomic mass is 32.2. The monoisotopic (exact) mass is 316 g/mol. The second-order valence-electron chi connectivity index (χ2n) is 5.34. The van der Waals surface area contributed by atoms with Crippen LogP contribution in [0.4, 0.5) is 0 Å². The molecule has 2 N–H and O–H groups in total. The Morgan fingerprint density at radius 1 is 1.14 bits per heavy atom.